The molecule has 18 heteroatoms. The molecule has 1 aliphatic rings. The summed E-state index contributed by atoms with van der Waals surface area (Å²) in [6.07, 6.45) is 27.6. The zero-order chi connectivity index (χ0) is 59.3. The van der Waals surface area contributed by atoms with E-state index in [2.05, 4.69) is 31.3 Å². The first-order chi connectivity index (χ1) is 38.4. The average Bonchev–Trinajstić information content (AvgIpc) is 3.38. The molecule has 0 aromatic heterocycles. The van der Waals surface area contributed by atoms with Crippen LogP contribution in [0.15, 0.2) is 12.2 Å². The second-order valence-electron chi connectivity index (χ2n) is 21.7. The van der Waals surface area contributed by atoms with Gasteiger partial charge in [-0.1, -0.05) is 187 Å². The zero-order valence-electron chi connectivity index (χ0n) is 50.8. The molecule has 1 amide bonds. The Balaban J connectivity index is 3.33. The molecule has 0 unspecified atom stereocenters. The fourth-order valence-electron chi connectivity index (χ4n) is 10.0. The topological polar surface area (TPSA) is 232 Å². The predicted molar refractivity (Wildman–Crippen MR) is 305 cm³/mol. The molecule has 1 fully saturated rings. The lowest BCUT2D eigenvalue weighted by Crippen LogP contribution is -2.63. The van der Waals surface area contributed by atoms with Crippen LogP contribution in [0.4, 0.5) is 0 Å². The van der Waals surface area contributed by atoms with Crippen molar-refractivity contribution in [3.63, 3.8) is 0 Å². The number of nitrogens with one attached hydrogen (secondary N) is 1. The van der Waals surface area contributed by atoms with Gasteiger partial charge >= 0.3 is 41.8 Å². The summed E-state index contributed by atoms with van der Waals surface area (Å²) in [5.74, 6) is -6.19. The van der Waals surface area contributed by atoms with Gasteiger partial charge < -0.3 is 47.9 Å². The lowest BCUT2D eigenvalue weighted by atomic mass is 9.97. The minimum atomic E-state index is -1.68. The molecule has 18 nitrogen and oxygen atoms in total. The zero-order valence-corrected chi connectivity index (χ0v) is 50.8. The van der Waals surface area contributed by atoms with Crippen molar-refractivity contribution in [2.24, 2.45) is 0 Å². The maximum atomic E-state index is 14.5. The summed E-state index contributed by atoms with van der Waals surface area (Å²) in [6.45, 7) is 11.3. The van der Waals surface area contributed by atoms with Gasteiger partial charge in [0, 0.05) is 48.5 Å². The van der Waals surface area contributed by atoms with E-state index in [0.717, 1.165) is 79.6 Å². The quantitative estimate of drug-likeness (QED) is 0.0258. The SMILES string of the molecule is CCCCCCCCC/C=C\CCC[C@@H](OC(C)=O)[C@@H](OC(C)=O)[C@H](CO[C@@H]1O[C@H](COC(C)=O)[C@@H](OC(C)=O)[C@H](OC(C)=O)[C@H]1OC(C)=O)NC(=O)[C@@H](CCCCCCCCCCCCCCCCCCCCCC)OC(C)=O. The first-order valence-electron chi connectivity index (χ1n) is 30.8. The number of hydrogen-bond donors (Lipinski definition) is 1. The number of unbranched alkanes of at least 4 members (excludes halogenated alkanes) is 27. The molecule has 1 rings (SSSR count). The van der Waals surface area contributed by atoms with Crippen LogP contribution in [-0.4, -0.2) is 116 Å². The van der Waals surface area contributed by atoms with Crippen LogP contribution in [0, 0.1) is 0 Å². The smallest absolute Gasteiger partial charge is 0.303 e. The third-order valence-corrected chi connectivity index (χ3v) is 14.0. The largest absolute Gasteiger partial charge is 0.463 e. The third-order valence-electron chi connectivity index (χ3n) is 14.0. The van der Waals surface area contributed by atoms with Crippen molar-refractivity contribution >= 4 is 47.7 Å². The Hall–Kier alpha value is -4.58. The summed E-state index contributed by atoms with van der Waals surface area (Å²) >= 11 is 0. The number of amides is 1. The van der Waals surface area contributed by atoms with Crippen LogP contribution >= 0.6 is 0 Å². The van der Waals surface area contributed by atoms with Gasteiger partial charge in [0.2, 0.25) is 0 Å². The van der Waals surface area contributed by atoms with Gasteiger partial charge in [-0.05, 0) is 44.9 Å². The van der Waals surface area contributed by atoms with Crippen LogP contribution in [-0.2, 0) is 81.0 Å². The molecule has 1 saturated heterocycles. The van der Waals surface area contributed by atoms with Crippen molar-refractivity contribution in [2.75, 3.05) is 13.2 Å². The Morgan fingerprint density at radius 1 is 0.438 bits per heavy atom. The van der Waals surface area contributed by atoms with E-state index >= 15 is 0 Å². The highest BCUT2D eigenvalue weighted by atomic mass is 16.7. The normalized spacial score (nSPS) is 18.5. The third kappa shape index (κ3) is 37.4. The van der Waals surface area contributed by atoms with E-state index in [-0.39, 0.29) is 12.8 Å². The van der Waals surface area contributed by atoms with E-state index in [1.54, 1.807) is 0 Å². The Kier molecular flexibility index (Phi) is 43.1. The number of ether oxygens (including phenoxy) is 9. The van der Waals surface area contributed by atoms with Crippen LogP contribution < -0.4 is 5.32 Å². The number of esters is 7. The van der Waals surface area contributed by atoms with Crippen molar-refractivity contribution in [1.82, 2.24) is 5.32 Å². The van der Waals surface area contributed by atoms with Gasteiger partial charge in [0.25, 0.3) is 5.91 Å². The van der Waals surface area contributed by atoms with E-state index in [0.29, 0.717) is 19.3 Å². The lowest BCUT2D eigenvalue weighted by molar-refractivity contribution is -0.310. The summed E-state index contributed by atoms with van der Waals surface area (Å²) < 4.78 is 51.8. The fourth-order valence-corrected chi connectivity index (χ4v) is 10.0. The van der Waals surface area contributed by atoms with Gasteiger partial charge in [-0.3, -0.25) is 38.4 Å². The Labute approximate surface area is 480 Å². The van der Waals surface area contributed by atoms with E-state index < -0.39 is 116 Å². The molecule has 1 heterocycles. The highest BCUT2D eigenvalue weighted by Gasteiger charge is 2.53. The van der Waals surface area contributed by atoms with E-state index in [1.165, 1.54) is 142 Å². The number of allylic oxidation sites excluding steroid dienone is 2. The van der Waals surface area contributed by atoms with Crippen molar-refractivity contribution in [1.29, 1.82) is 0 Å². The Bertz CT molecular complexity index is 1760. The lowest BCUT2D eigenvalue weighted by Gasteiger charge is -2.44. The number of rotatable bonds is 48. The minimum Gasteiger partial charge on any atom is -0.463 e. The predicted octanol–water partition coefficient (Wildman–Crippen LogP) is 12.4. The first kappa shape index (κ1) is 73.4. The summed E-state index contributed by atoms with van der Waals surface area (Å²) in [7, 11) is 0. The average molecular weight is 1140 g/mol. The van der Waals surface area contributed by atoms with Crippen LogP contribution in [0.25, 0.3) is 0 Å². The maximum absolute atomic E-state index is 14.5. The molecule has 0 spiro atoms. The summed E-state index contributed by atoms with van der Waals surface area (Å²) in [5, 5.41) is 2.85. The van der Waals surface area contributed by atoms with E-state index in [9.17, 15) is 38.4 Å². The highest BCUT2D eigenvalue weighted by Crippen LogP contribution is 2.31. The van der Waals surface area contributed by atoms with Gasteiger partial charge in [0.15, 0.2) is 36.8 Å². The molecule has 0 saturated carbocycles. The molecular weight excluding hydrogens is 1030 g/mol. The van der Waals surface area contributed by atoms with Crippen LogP contribution in [0.1, 0.15) is 268 Å². The molecular formula is C62H107NO17. The number of carbonyl (C=O) groups is 8. The van der Waals surface area contributed by atoms with E-state index in [4.69, 9.17) is 42.6 Å². The van der Waals surface area contributed by atoms with E-state index in [1.807, 2.05) is 0 Å². The van der Waals surface area contributed by atoms with Crippen molar-refractivity contribution in [2.45, 2.75) is 323 Å². The monoisotopic (exact) mass is 1140 g/mol. The fraction of sp³-hybridized carbons (Fsp3) is 0.839. The molecule has 462 valence electrons. The molecule has 0 radical (unpaired) electrons. The van der Waals surface area contributed by atoms with Gasteiger partial charge in [-0.15, -0.1) is 0 Å². The molecule has 0 aliphatic carbocycles. The first-order valence-corrected chi connectivity index (χ1v) is 30.8. The Morgan fingerprint density at radius 3 is 1.29 bits per heavy atom. The molecule has 0 aromatic rings. The molecule has 9 atom stereocenters. The van der Waals surface area contributed by atoms with Crippen molar-refractivity contribution < 1.29 is 81.0 Å². The van der Waals surface area contributed by atoms with Crippen LogP contribution in [0.2, 0.25) is 0 Å². The molecule has 1 N–H and O–H groups in total. The summed E-state index contributed by atoms with van der Waals surface area (Å²) in [4.78, 5) is 102. The van der Waals surface area contributed by atoms with Gasteiger partial charge in [-0.2, -0.15) is 0 Å². The number of carbonyl (C=O) groups excluding carboxylic acids is 8. The second kappa shape index (κ2) is 47.0. The van der Waals surface area contributed by atoms with Gasteiger partial charge in [0.1, 0.15) is 18.8 Å². The standard InChI is InChI=1S/C62H107NO17/c1-10-12-14-16-18-20-22-24-25-26-27-28-29-30-31-33-35-37-39-41-43-55(75-48(5)66)61(71)63-53(57(76-49(6)67)54(74-47(4)65)42-40-38-36-34-32-23-21-19-17-15-13-11-2)44-73-62-60(79-52(9)70)59(78-51(8)69)58(77-50(7)68)56(80-62)45-72-46(3)64/h34,36,53-60,62H,10-33,35,37-45H2,1-9H3,(H,63,71)/b36-34-/t53-,54+,55+,56+,57-,58+,59-,60+,62+/m0/s1. The van der Waals surface area contributed by atoms with Crippen molar-refractivity contribution in [3.05, 3.63) is 12.2 Å². The van der Waals surface area contributed by atoms with Crippen LogP contribution in [0.5, 0.6) is 0 Å². The maximum Gasteiger partial charge on any atom is 0.303 e. The van der Waals surface area contributed by atoms with Gasteiger partial charge in [-0.25, -0.2) is 0 Å². The van der Waals surface area contributed by atoms with Crippen molar-refractivity contribution in [3.8, 4) is 0 Å². The minimum absolute atomic E-state index is 0.175. The molecule has 80 heavy (non-hydrogen) atoms. The highest BCUT2D eigenvalue weighted by molar-refractivity contribution is 5.83. The molecule has 0 aromatic carbocycles. The van der Waals surface area contributed by atoms with Crippen LogP contribution in [0.3, 0.4) is 0 Å². The Morgan fingerprint density at radius 2 is 0.850 bits per heavy atom. The summed E-state index contributed by atoms with van der Waals surface area (Å²) in [5.41, 5.74) is 0. The molecule has 1 aliphatic heterocycles. The van der Waals surface area contributed by atoms with Gasteiger partial charge in [0.05, 0.1) is 12.6 Å². The molecule has 0 bridgehead atoms. The number of hydrogen-bond acceptors (Lipinski definition) is 17. The second-order valence-corrected chi connectivity index (χ2v) is 21.7. The summed E-state index contributed by atoms with van der Waals surface area (Å²) in [6, 6.07) is -1.37.